The van der Waals surface area contributed by atoms with Crippen molar-refractivity contribution in [2.45, 2.75) is 0 Å². The number of amides is 2. The summed E-state index contributed by atoms with van der Waals surface area (Å²) >= 11 is 1.26. The Morgan fingerprint density at radius 1 is 1.53 bits per heavy atom. The number of anilines is 1. The van der Waals surface area contributed by atoms with Crippen LogP contribution in [-0.4, -0.2) is 37.4 Å². The number of carbonyl (C=O) groups excluding carboxylic acids is 2. The van der Waals surface area contributed by atoms with E-state index in [1.807, 2.05) is 0 Å². The van der Waals surface area contributed by atoms with Gasteiger partial charge in [-0.25, -0.2) is 0 Å². The quantitative estimate of drug-likeness (QED) is 0.771. The molecule has 0 radical (unpaired) electrons. The van der Waals surface area contributed by atoms with Crippen molar-refractivity contribution >= 4 is 28.8 Å². The van der Waals surface area contributed by atoms with Crippen molar-refractivity contribution < 1.29 is 9.59 Å². The molecule has 1 heterocycles. The third-order valence-electron chi connectivity index (χ3n) is 1.80. The Labute approximate surface area is 91.9 Å². The Bertz CT molecular complexity index is 373. The number of carbonyl (C=O) groups is 2. The highest BCUT2D eigenvalue weighted by Crippen LogP contribution is 2.17. The highest BCUT2D eigenvalue weighted by Gasteiger charge is 2.12. The summed E-state index contributed by atoms with van der Waals surface area (Å²) in [4.78, 5) is 24.5. The van der Waals surface area contributed by atoms with Crippen LogP contribution in [0.5, 0.6) is 0 Å². The number of nitrogen functional groups attached to an aromatic ring is 1. The lowest BCUT2D eigenvalue weighted by atomic mass is 10.4. The zero-order chi connectivity index (χ0) is 11.4. The van der Waals surface area contributed by atoms with Gasteiger partial charge in [0.05, 0.1) is 12.2 Å². The van der Waals surface area contributed by atoms with Gasteiger partial charge in [-0.1, -0.05) is 0 Å². The first-order chi connectivity index (χ1) is 7.02. The Kier molecular flexibility index (Phi) is 3.68. The van der Waals surface area contributed by atoms with Crippen molar-refractivity contribution in [3.05, 3.63) is 16.3 Å². The summed E-state index contributed by atoms with van der Waals surface area (Å²) in [6, 6.07) is 1.66. The number of hydrogen-bond acceptors (Lipinski definition) is 4. The molecule has 6 heteroatoms. The minimum absolute atomic E-state index is 0.0107. The summed E-state index contributed by atoms with van der Waals surface area (Å²) in [5.41, 5.74) is 6.00. The number of nitrogens with one attached hydrogen (secondary N) is 1. The van der Waals surface area contributed by atoms with Crippen LogP contribution in [0.15, 0.2) is 11.4 Å². The van der Waals surface area contributed by atoms with Gasteiger partial charge < -0.3 is 16.0 Å². The normalized spacial score (nSPS) is 9.73. The maximum absolute atomic E-state index is 11.5. The second-order valence-electron chi connectivity index (χ2n) is 3.18. The largest absolute Gasteiger partial charge is 0.397 e. The molecule has 0 spiro atoms. The predicted molar refractivity (Wildman–Crippen MR) is 59.8 cm³/mol. The van der Waals surface area contributed by atoms with E-state index in [9.17, 15) is 9.59 Å². The van der Waals surface area contributed by atoms with Gasteiger partial charge in [-0.15, -0.1) is 11.3 Å². The van der Waals surface area contributed by atoms with Crippen molar-refractivity contribution in [3.63, 3.8) is 0 Å². The van der Waals surface area contributed by atoms with Crippen LogP contribution in [0.25, 0.3) is 0 Å². The number of nitrogens with zero attached hydrogens (tertiary/aromatic N) is 1. The average Bonchev–Trinajstić information content (AvgIpc) is 2.60. The fourth-order valence-corrected chi connectivity index (χ4v) is 1.63. The summed E-state index contributed by atoms with van der Waals surface area (Å²) in [7, 11) is 3.27. The molecule has 5 nitrogen and oxygen atoms in total. The van der Waals surface area contributed by atoms with Gasteiger partial charge >= 0.3 is 0 Å². The summed E-state index contributed by atoms with van der Waals surface area (Å²) in [5.74, 6) is -0.462. The first-order valence-corrected chi connectivity index (χ1v) is 5.21. The van der Waals surface area contributed by atoms with Gasteiger partial charge in [0.25, 0.3) is 5.91 Å². The lowest BCUT2D eigenvalue weighted by Crippen LogP contribution is -2.36. The molecule has 1 aromatic rings. The van der Waals surface area contributed by atoms with Crippen LogP contribution in [0, 0.1) is 0 Å². The molecular formula is C9H13N3O2S. The molecule has 0 bridgehead atoms. The summed E-state index contributed by atoms with van der Waals surface area (Å²) in [5, 5.41) is 4.24. The van der Waals surface area contributed by atoms with E-state index >= 15 is 0 Å². The number of hydrogen-bond donors (Lipinski definition) is 2. The van der Waals surface area contributed by atoms with Crippen molar-refractivity contribution in [1.29, 1.82) is 0 Å². The molecule has 1 aromatic heterocycles. The van der Waals surface area contributed by atoms with Gasteiger partial charge in [-0.3, -0.25) is 9.59 Å². The molecule has 0 aromatic carbocycles. The van der Waals surface area contributed by atoms with E-state index in [0.717, 1.165) is 0 Å². The van der Waals surface area contributed by atoms with Gasteiger partial charge in [0.1, 0.15) is 4.88 Å². The summed E-state index contributed by atoms with van der Waals surface area (Å²) in [6.07, 6.45) is 0. The van der Waals surface area contributed by atoms with Gasteiger partial charge in [0.2, 0.25) is 5.91 Å². The Balaban J connectivity index is 2.51. The fourth-order valence-electron chi connectivity index (χ4n) is 0.898. The maximum atomic E-state index is 11.5. The topological polar surface area (TPSA) is 75.4 Å². The van der Waals surface area contributed by atoms with Gasteiger partial charge in [0, 0.05) is 14.1 Å². The molecule has 0 fully saturated rings. The molecule has 0 atom stereocenters. The van der Waals surface area contributed by atoms with E-state index in [0.29, 0.717) is 10.6 Å². The molecule has 3 N–H and O–H groups in total. The molecule has 15 heavy (non-hydrogen) atoms. The van der Waals surface area contributed by atoms with E-state index in [4.69, 9.17) is 5.73 Å². The third kappa shape index (κ3) is 2.95. The molecule has 0 unspecified atom stereocenters. The number of nitrogens with two attached hydrogens (primary N) is 1. The SMILES string of the molecule is CN(C)C(=O)CNC(=O)c1sccc1N. The molecule has 0 aliphatic heterocycles. The molecule has 82 valence electrons. The fraction of sp³-hybridized carbons (Fsp3) is 0.333. The van der Waals surface area contributed by atoms with Crippen molar-refractivity contribution in [1.82, 2.24) is 10.2 Å². The standard InChI is InChI=1S/C9H13N3O2S/c1-12(2)7(13)5-11-9(14)8-6(10)3-4-15-8/h3-4H,5,10H2,1-2H3,(H,11,14). The second kappa shape index (κ2) is 4.79. The van der Waals surface area contributed by atoms with Crippen LogP contribution in [0.2, 0.25) is 0 Å². The predicted octanol–water partition coefficient (Wildman–Crippen LogP) is 0.148. The van der Waals surface area contributed by atoms with E-state index in [1.54, 1.807) is 25.5 Å². The number of thiophene rings is 1. The van der Waals surface area contributed by atoms with Crippen molar-refractivity contribution in [2.75, 3.05) is 26.4 Å². The lowest BCUT2D eigenvalue weighted by Gasteiger charge is -2.10. The molecule has 0 saturated heterocycles. The van der Waals surface area contributed by atoms with Gasteiger partial charge in [-0.2, -0.15) is 0 Å². The van der Waals surface area contributed by atoms with Gasteiger partial charge in [-0.05, 0) is 11.4 Å². The van der Waals surface area contributed by atoms with Crippen LogP contribution in [0.4, 0.5) is 5.69 Å². The minimum atomic E-state index is -0.308. The number of likely N-dealkylation sites (N-methyl/N-ethyl adjacent to an activating group) is 1. The summed E-state index contributed by atoms with van der Waals surface area (Å²) in [6.45, 7) is -0.0107. The monoisotopic (exact) mass is 227 g/mol. The first-order valence-electron chi connectivity index (χ1n) is 4.33. The molecular weight excluding hydrogens is 214 g/mol. The Morgan fingerprint density at radius 2 is 2.20 bits per heavy atom. The van der Waals surface area contributed by atoms with E-state index in [-0.39, 0.29) is 18.4 Å². The highest BCUT2D eigenvalue weighted by molar-refractivity contribution is 7.12. The van der Waals surface area contributed by atoms with Crippen LogP contribution >= 0.6 is 11.3 Å². The zero-order valence-corrected chi connectivity index (χ0v) is 9.43. The van der Waals surface area contributed by atoms with Crippen LogP contribution in [-0.2, 0) is 4.79 Å². The van der Waals surface area contributed by atoms with Crippen LogP contribution in [0.1, 0.15) is 9.67 Å². The van der Waals surface area contributed by atoms with Gasteiger partial charge in [0.15, 0.2) is 0 Å². The average molecular weight is 227 g/mol. The Morgan fingerprint density at radius 3 is 2.67 bits per heavy atom. The lowest BCUT2D eigenvalue weighted by molar-refractivity contribution is -0.127. The summed E-state index contributed by atoms with van der Waals surface area (Å²) < 4.78 is 0. The van der Waals surface area contributed by atoms with E-state index in [1.165, 1.54) is 16.2 Å². The van der Waals surface area contributed by atoms with Crippen molar-refractivity contribution in [3.8, 4) is 0 Å². The second-order valence-corrected chi connectivity index (χ2v) is 4.09. The van der Waals surface area contributed by atoms with Crippen LogP contribution in [0.3, 0.4) is 0 Å². The molecule has 0 aliphatic carbocycles. The van der Waals surface area contributed by atoms with E-state index < -0.39 is 0 Å². The highest BCUT2D eigenvalue weighted by atomic mass is 32.1. The molecule has 1 rings (SSSR count). The van der Waals surface area contributed by atoms with Crippen LogP contribution < -0.4 is 11.1 Å². The molecule has 2 amide bonds. The molecule has 0 saturated carbocycles. The smallest absolute Gasteiger partial charge is 0.263 e. The maximum Gasteiger partial charge on any atom is 0.263 e. The van der Waals surface area contributed by atoms with Crippen molar-refractivity contribution in [2.24, 2.45) is 0 Å². The molecule has 0 aliphatic rings. The Hall–Kier alpha value is -1.56. The zero-order valence-electron chi connectivity index (χ0n) is 8.61. The number of rotatable bonds is 3. The minimum Gasteiger partial charge on any atom is -0.397 e. The van der Waals surface area contributed by atoms with E-state index in [2.05, 4.69) is 5.32 Å². The first kappa shape index (κ1) is 11.5. The third-order valence-corrected chi connectivity index (χ3v) is 2.73.